The van der Waals surface area contributed by atoms with E-state index >= 15 is 0 Å². The van der Waals surface area contributed by atoms with Crippen molar-refractivity contribution in [2.75, 3.05) is 0 Å². The van der Waals surface area contributed by atoms with Gasteiger partial charge in [0.1, 0.15) is 0 Å². The van der Waals surface area contributed by atoms with Crippen molar-refractivity contribution in [2.24, 2.45) is 0 Å². The Kier molecular flexibility index (Phi) is 4.45. The Bertz CT molecular complexity index is 308. The van der Waals surface area contributed by atoms with Crippen LogP contribution in [0.5, 0.6) is 0 Å². The first kappa shape index (κ1) is 11.0. The van der Waals surface area contributed by atoms with Gasteiger partial charge in [0.05, 0.1) is 0 Å². The van der Waals surface area contributed by atoms with Crippen molar-refractivity contribution in [3.05, 3.63) is 47.0 Å². The molecule has 0 radical (unpaired) electrons. The zero-order valence-corrected chi connectivity index (χ0v) is 9.51. The molecule has 0 unspecified atom stereocenters. The number of hydrogen-bond donors (Lipinski definition) is 0. The zero-order chi connectivity index (χ0) is 10.4. The molecule has 0 heteroatoms. The van der Waals surface area contributed by atoms with E-state index in [4.69, 9.17) is 0 Å². The van der Waals surface area contributed by atoms with E-state index in [1.165, 1.54) is 29.5 Å². The maximum absolute atomic E-state index is 2.35. The quantitative estimate of drug-likeness (QED) is 0.537. The van der Waals surface area contributed by atoms with Crippen molar-refractivity contribution in [3.63, 3.8) is 0 Å². The molecular formula is C14H20. The Labute approximate surface area is 87.7 Å². The molecular weight excluding hydrogens is 168 g/mol. The topological polar surface area (TPSA) is 0 Å². The Hall–Kier alpha value is -1.04. The summed E-state index contributed by atoms with van der Waals surface area (Å²) in [5.74, 6) is 0. The number of rotatable bonds is 0. The lowest BCUT2D eigenvalue weighted by Crippen LogP contribution is -1.88. The monoisotopic (exact) mass is 188 g/mol. The molecule has 76 valence electrons. The second-order valence-corrected chi connectivity index (χ2v) is 3.52. The maximum Gasteiger partial charge on any atom is -0.00921 e. The van der Waals surface area contributed by atoms with Crippen LogP contribution in [-0.2, 0) is 12.8 Å². The third-order valence-corrected chi connectivity index (χ3v) is 2.58. The van der Waals surface area contributed by atoms with Crippen molar-refractivity contribution < 1.29 is 0 Å². The van der Waals surface area contributed by atoms with Gasteiger partial charge in [0.15, 0.2) is 0 Å². The SMILES string of the molecule is CC.CC1=CCc2ccccc2CC1. The molecule has 2 rings (SSSR count). The summed E-state index contributed by atoms with van der Waals surface area (Å²) in [6, 6.07) is 8.76. The Morgan fingerprint density at radius 1 is 0.929 bits per heavy atom. The van der Waals surface area contributed by atoms with E-state index in [1.807, 2.05) is 13.8 Å². The lowest BCUT2D eigenvalue weighted by atomic mass is 10.0. The second kappa shape index (κ2) is 5.64. The summed E-state index contributed by atoms with van der Waals surface area (Å²) in [6.45, 7) is 6.23. The Morgan fingerprint density at radius 3 is 2.29 bits per heavy atom. The summed E-state index contributed by atoms with van der Waals surface area (Å²) in [6.07, 6.45) is 5.93. The molecule has 1 aromatic rings. The molecule has 14 heavy (non-hydrogen) atoms. The summed E-state index contributed by atoms with van der Waals surface area (Å²) in [5.41, 5.74) is 4.58. The summed E-state index contributed by atoms with van der Waals surface area (Å²) >= 11 is 0. The van der Waals surface area contributed by atoms with Gasteiger partial charge in [0.25, 0.3) is 0 Å². The van der Waals surface area contributed by atoms with Gasteiger partial charge in [-0.3, -0.25) is 0 Å². The number of fused-ring (bicyclic) bond motifs is 1. The minimum atomic E-state index is 1.13. The van der Waals surface area contributed by atoms with E-state index in [9.17, 15) is 0 Å². The van der Waals surface area contributed by atoms with Crippen LogP contribution < -0.4 is 0 Å². The average Bonchev–Trinajstić information content (AvgIpc) is 2.45. The summed E-state index contributed by atoms with van der Waals surface area (Å²) in [4.78, 5) is 0. The number of aryl methyl sites for hydroxylation is 1. The van der Waals surface area contributed by atoms with Gasteiger partial charge in [0, 0.05) is 0 Å². The van der Waals surface area contributed by atoms with Crippen molar-refractivity contribution in [2.45, 2.75) is 40.0 Å². The summed E-state index contributed by atoms with van der Waals surface area (Å²) in [7, 11) is 0. The van der Waals surface area contributed by atoms with Gasteiger partial charge >= 0.3 is 0 Å². The largest absolute Gasteiger partial charge is 0.0812 e. The van der Waals surface area contributed by atoms with Crippen LogP contribution in [0.15, 0.2) is 35.9 Å². The van der Waals surface area contributed by atoms with Gasteiger partial charge in [0.2, 0.25) is 0 Å². The van der Waals surface area contributed by atoms with Crippen LogP contribution in [0.3, 0.4) is 0 Å². The molecule has 0 amide bonds. The first-order valence-electron chi connectivity index (χ1n) is 5.58. The fraction of sp³-hybridized carbons (Fsp3) is 0.429. The first-order valence-corrected chi connectivity index (χ1v) is 5.58. The maximum atomic E-state index is 2.35. The van der Waals surface area contributed by atoms with E-state index in [0.717, 1.165) is 6.42 Å². The van der Waals surface area contributed by atoms with Gasteiger partial charge in [-0.25, -0.2) is 0 Å². The molecule has 1 aliphatic carbocycles. The van der Waals surface area contributed by atoms with Crippen LogP contribution in [-0.4, -0.2) is 0 Å². The van der Waals surface area contributed by atoms with Gasteiger partial charge < -0.3 is 0 Å². The standard InChI is InChI=1S/C12H14.C2H6/c1-10-6-8-11-4-2-3-5-12(11)9-7-10;1-2/h2-6H,7-9H2,1H3;1-2H3. The Balaban J connectivity index is 0.000000461. The second-order valence-electron chi connectivity index (χ2n) is 3.52. The predicted molar refractivity (Wildman–Crippen MR) is 63.6 cm³/mol. The van der Waals surface area contributed by atoms with Crippen LogP contribution in [0, 0.1) is 0 Å². The number of allylic oxidation sites excluding steroid dienone is 2. The van der Waals surface area contributed by atoms with E-state index < -0.39 is 0 Å². The van der Waals surface area contributed by atoms with Crippen molar-refractivity contribution >= 4 is 0 Å². The lowest BCUT2D eigenvalue weighted by Gasteiger charge is -2.02. The highest BCUT2D eigenvalue weighted by Crippen LogP contribution is 2.19. The molecule has 0 N–H and O–H groups in total. The van der Waals surface area contributed by atoms with Gasteiger partial charge in [-0.1, -0.05) is 49.8 Å². The number of benzene rings is 1. The molecule has 1 aliphatic rings. The molecule has 0 aliphatic heterocycles. The van der Waals surface area contributed by atoms with E-state index in [0.29, 0.717) is 0 Å². The third kappa shape index (κ3) is 2.73. The zero-order valence-electron chi connectivity index (χ0n) is 9.51. The van der Waals surface area contributed by atoms with Gasteiger partial charge in [-0.2, -0.15) is 0 Å². The highest BCUT2D eigenvalue weighted by Gasteiger charge is 2.04. The molecule has 0 bridgehead atoms. The molecule has 0 aromatic heterocycles. The van der Waals surface area contributed by atoms with Crippen LogP contribution >= 0.6 is 0 Å². The van der Waals surface area contributed by atoms with Crippen molar-refractivity contribution in [3.8, 4) is 0 Å². The lowest BCUT2D eigenvalue weighted by molar-refractivity contribution is 0.948. The fourth-order valence-corrected chi connectivity index (χ4v) is 1.72. The highest BCUT2D eigenvalue weighted by molar-refractivity contribution is 5.32. The van der Waals surface area contributed by atoms with Crippen LogP contribution in [0.25, 0.3) is 0 Å². The molecule has 0 atom stereocenters. The average molecular weight is 188 g/mol. The van der Waals surface area contributed by atoms with E-state index in [1.54, 1.807) is 0 Å². The van der Waals surface area contributed by atoms with Crippen LogP contribution in [0.1, 0.15) is 38.3 Å². The number of hydrogen-bond acceptors (Lipinski definition) is 0. The molecule has 0 fully saturated rings. The van der Waals surface area contributed by atoms with Gasteiger partial charge in [-0.05, 0) is 37.3 Å². The molecule has 0 saturated carbocycles. The van der Waals surface area contributed by atoms with Gasteiger partial charge in [-0.15, -0.1) is 0 Å². The van der Waals surface area contributed by atoms with E-state index in [-0.39, 0.29) is 0 Å². The molecule has 0 heterocycles. The highest BCUT2D eigenvalue weighted by atomic mass is 14.1. The Morgan fingerprint density at radius 2 is 1.57 bits per heavy atom. The molecule has 1 aromatic carbocycles. The predicted octanol–water partition coefficient (Wildman–Crippen LogP) is 4.15. The third-order valence-electron chi connectivity index (χ3n) is 2.58. The molecule has 0 nitrogen and oxygen atoms in total. The van der Waals surface area contributed by atoms with Crippen LogP contribution in [0.2, 0.25) is 0 Å². The minimum Gasteiger partial charge on any atom is -0.0812 e. The van der Waals surface area contributed by atoms with Crippen molar-refractivity contribution in [1.29, 1.82) is 0 Å². The molecule has 0 spiro atoms. The smallest absolute Gasteiger partial charge is 0.00921 e. The first-order chi connectivity index (χ1) is 6.86. The summed E-state index contributed by atoms with van der Waals surface area (Å²) < 4.78 is 0. The fourth-order valence-electron chi connectivity index (χ4n) is 1.72. The van der Waals surface area contributed by atoms with Crippen molar-refractivity contribution in [1.82, 2.24) is 0 Å². The normalized spacial score (nSPS) is 14.4. The minimum absolute atomic E-state index is 1.13. The summed E-state index contributed by atoms with van der Waals surface area (Å²) in [5, 5.41) is 0. The molecule has 0 saturated heterocycles. The van der Waals surface area contributed by atoms with E-state index in [2.05, 4.69) is 37.3 Å². The van der Waals surface area contributed by atoms with Crippen LogP contribution in [0.4, 0.5) is 0 Å².